The van der Waals surface area contributed by atoms with Gasteiger partial charge in [0.2, 0.25) is 0 Å². The Bertz CT molecular complexity index is 1200. The summed E-state index contributed by atoms with van der Waals surface area (Å²) in [5.41, 5.74) is 4.63. The van der Waals surface area contributed by atoms with Crippen LogP contribution in [-0.2, 0) is 29.0 Å². The molecule has 0 saturated carbocycles. The second-order valence-electron chi connectivity index (χ2n) is 8.30. The lowest BCUT2D eigenvalue weighted by atomic mass is 10.0. The van der Waals surface area contributed by atoms with Gasteiger partial charge in [0.05, 0.1) is 23.6 Å². The number of carboxylic acids is 2. The highest BCUT2D eigenvalue weighted by atomic mass is 35.5. The zero-order valence-corrected chi connectivity index (χ0v) is 20.7. The third-order valence-electron chi connectivity index (χ3n) is 5.50. The molecule has 0 spiro atoms. The van der Waals surface area contributed by atoms with Crippen LogP contribution in [0.15, 0.2) is 54.6 Å². The molecule has 196 valence electrons. The van der Waals surface area contributed by atoms with E-state index in [1.807, 2.05) is 18.2 Å². The molecule has 1 aliphatic heterocycles. The minimum atomic E-state index is -1.08. The van der Waals surface area contributed by atoms with Gasteiger partial charge in [-0.2, -0.15) is 0 Å². The summed E-state index contributed by atoms with van der Waals surface area (Å²) in [6, 6.07) is 14.5. The van der Waals surface area contributed by atoms with Crippen molar-refractivity contribution in [1.82, 2.24) is 5.32 Å². The first kappa shape index (κ1) is 27.9. The summed E-state index contributed by atoms with van der Waals surface area (Å²) in [6.45, 7) is 2.53. The SMILES string of the molecule is Fc1cc(F)cc(Oc2ccc(CNc3c(Cl)ccc4c3CCNCC4)cc2)c1.O=C(O)CCC(=O)O. The van der Waals surface area contributed by atoms with Gasteiger partial charge in [-0.15, -0.1) is 0 Å². The van der Waals surface area contributed by atoms with Gasteiger partial charge >= 0.3 is 11.9 Å². The van der Waals surface area contributed by atoms with Crippen molar-refractivity contribution in [2.45, 2.75) is 32.2 Å². The predicted molar refractivity (Wildman–Crippen MR) is 136 cm³/mol. The van der Waals surface area contributed by atoms with Crippen LogP contribution in [0.25, 0.3) is 0 Å². The summed E-state index contributed by atoms with van der Waals surface area (Å²) in [4.78, 5) is 19.3. The Balaban J connectivity index is 0.000000414. The summed E-state index contributed by atoms with van der Waals surface area (Å²) in [5.74, 6) is -2.86. The van der Waals surface area contributed by atoms with E-state index in [4.69, 9.17) is 26.6 Å². The third kappa shape index (κ3) is 9.04. The van der Waals surface area contributed by atoms with Crippen molar-refractivity contribution in [1.29, 1.82) is 0 Å². The van der Waals surface area contributed by atoms with E-state index < -0.39 is 23.6 Å². The molecular formula is C27H27ClF2N2O5. The highest BCUT2D eigenvalue weighted by molar-refractivity contribution is 6.33. The van der Waals surface area contributed by atoms with Crippen LogP contribution in [0.5, 0.6) is 11.5 Å². The Labute approximate surface area is 218 Å². The van der Waals surface area contributed by atoms with Crippen LogP contribution < -0.4 is 15.4 Å². The summed E-state index contributed by atoms with van der Waals surface area (Å²) >= 11 is 6.46. The van der Waals surface area contributed by atoms with Gasteiger partial charge in [0, 0.05) is 24.7 Å². The number of benzene rings is 3. The lowest BCUT2D eigenvalue weighted by Crippen LogP contribution is -2.16. The number of nitrogens with one attached hydrogen (secondary N) is 2. The van der Waals surface area contributed by atoms with E-state index in [9.17, 15) is 18.4 Å². The minimum Gasteiger partial charge on any atom is -0.481 e. The average Bonchev–Trinajstić information content (AvgIpc) is 3.09. The number of hydrogen-bond acceptors (Lipinski definition) is 5. The lowest BCUT2D eigenvalue weighted by Gasteiger charge is -2.16. The lowest BCUT2D eigenvalue weighted by molar-refractivity contribution is -0.143. The number of aliphatic carboxylic acids is 2. The molecule has 0 fully saturated rings. The fourth-order valence-electron chi connectivity index (χ4n) is 3.74. The van der Waals surface area contributed by atoms with Crippen molar-refractivity contribution >= 4 is 29.2 Å². The summed E-state index contributed by atoms with van der Waals surface area (Å²) < 4.78 is 32.1. The predicted octanol–water partition coefficient (Wildman–Crippen LogP) is 5.65. The van der Waals surface area contributed by atoms with E-state index in [1.54, 1.807) is 12.1 Å². The number of ether oxygens (including phenoxy) is 1. The Kier molecular flexibility index (Phi) is 10.2. The van der Waals surface area contributed by atoms with Gasteiger partial charge < -0.3 is 25.6 Å². The van der Waals surface area contributed by atoms with Crippen LogP contribution >= 0.6 is 11.6 Å². The van der Waals surface area contributed by atoms with Crippen LogP contribution in [-0.4, -0.2) is 35.2 Å². The minimum absolute atomic E-state index is 0.126. The van der Waals surface area contributed by atoms with Crippen LogP contribution in [0.2, 0.25) is 5.02 Å². The topological polar surface area (TPSA) is 108 Å². The van der Waals surface area contributed by atoms with Gasteiger partial charge in [0.15, 0.2) is 0 Å². The molecule has 0 radical (unpaired) electrons. The van der Waals surface area contributed by atoms with E-state index in [0.29, 0.717) is 12.3 Å². The quantitative estimate of drug-likeness (QED) is 0.297. The largest absolute Gasteiger partial charge is 0.481 e. The van der Waals surface area contributed by atoms with E-state index in [-0.39, 0.29) is 18.6 Å². The zero-order valence-electron chi connectivity index (χ0n) is 19.9. The number of carboxylic acid groups (broad SMARTS) is 2. The maximum Gasteiger partial charge on any atom is 0.303 e. The maximum atomic E-state index is 13.3. The molecule has 7 nitrogen and oxygen atoms in total. The van der Waals surface area contributed by atoms with Crippen LogP contribution in [0, 0.1) is 11.6 Å². The van der Waals surface area contributed by atoms with Gasteiger partial charge in [-0.25, -0.2) is 8.78 Å². The van der Waals surface area contributed by atoms with Crippen molar-refractivity contribution in [2.75, 3.05) is 18.4 Å². The van der Waals surface area contributed by atoms with Gasteiger partial charge in [0.1, 0.15) is 23.1 Å². The molecule has 0 aliphatic carbocycles. The van der Waals surface area contributed by atoms with Crippen LogP contribution in [0.1, 0.15) is 29.5 Å². The fourth-order valence-corrected chi connectivity index (χ4v) is 3.98. The number of rotatable bonds is 8. The Morgan fingerprint density at radius 2 is 1.51 bits per heavy atom. The number of hydrogen-bond donors (Lipinski definition) is 4. The molecule has 4 rings (SSSR count). The first-order valence-electron chi connectivity index (χ1n) is 11.6. The summed E-state index contributed by atoms with van der Waals surface area (Å²) in [5, 5.41) is 23.4. The van der Waals surface area contributed by atoms with Crippen LogP contribution in [0.3, 0.4) is 0 Å². The highest BCUT2D eigenvalue weighted by Gasteiger charge is 2.14. The summed E-state index contributed by atoms with van der Waals surface area (Å²) in [6.07, 6.45) is 1.34. The first-order valence-corrected chi connectivity index (χ1v) is 12.0. The van der Waals surface area contributed by atoms with E-state index >= 15 is 0 Å². The number of carbonyl (C=O) groups is 2. The first-order chi connectivity index (χ1) is 17.7. The number of anilines is 1. The van der Waals surface area contributed by atoms with Crippen molar-refractivity contribution in [2.24, 2.45) is 0 Å². The molecule has 0 bridgehead atoms. The Morgan fingerprint density at radius 3 is 2.14 bits per heavy atom. The number of halogens is 3. The molecule has 0 aromatic heterocycles. The van der Waals surface area contributed by atoms with E-state index in [1.165, 1.54) is 11.1 Å². The Morgan fingerprint density at radius 1 is 0.892 bits per heavy atom. The van der Waals surface area contributed by atoms with Gasteiger partial charge in [-0.1, -0.05) is 29.8 Å². The molecular weight excluding hydrogens is 506 g/mol. The zero-order chi connectivity index (χ0) is 26.8. The fraction of sp³-hybridized carbons (Fsp3) is 0.259. The van der Waals surface area contributed by atoms with Crippen molar-refractivity contribution < 1.29 is 33.3 Å². The highest BCUT2D eigenvalue weighted by Crippen LogP contribution is 2.31. The van der Waals surface area contributed by atoms with Crippen LogP contribution in [0.4, 0.5) is 14.5 Å². The monoisotopic (exact) mass is 532 g/mol. The Hall–Kier alpha value is -3.69. The molecule has 10 heteroatoms. The smallest absolute Gasteiger partial charge is 0.303 e. The maximum absolute atomic E-state index is 13.3. The number of fused-ring (bicyclic) bond motifs is 1. The van der Waals surface area contributed by atoms with Crippen molar-refractivity contribution in [3.8, 4) is 11.5 Å². The standard InChI is InChI=1S/C23H21ClF2N2O.C4H6O4/c24-22-6-3-16-7-9-27-10-8-21(16)23(22)28-14-15-1-4-19(5-2-15)29-20-12-17(25)11-18(26)13-20;5-3(6)1-2-4(7)8/h1-6,11-13,27-28H,7-10,14H2;1-2H2,(H,5,6)(H,7,8). The average molecular weight is 533 g/mol. The molecule has 3 aromatic rings. The van der Waals surface area contributed by atoms with E-state index in [2.05, 4.69) is 16.7 Å². The molecule has 37 heavy (non-hydrogen) atoms. The van der Waals surface area contributed by atoms with Crippen molar-refractivity contribution in [3.63, 3.8) is 0 Å². The van der Waals surface area contributed by atoms with Gasteiger partial charge in [-0.3, -0.25) is 9.59 Å². The second kappa shape index (κ2) is 13.6. The molecule has 1 aliphatic rings. The van der Waals surface area contributed by atoms with Gasteiger partial charge in [-0.05, 0) is 60.8 Å². The normalized spacial score (nSPS) is 12.4. The second-order valence-corrected chi connectivity index (χ2v) is 8.71. The third-order valence-corrected chi connectivity index (χ3v) is 5.81. The molecule has 0 atom stereocenters. The molecule has 3 aromatic carbocycles. The summed E-state index contributed by atoms with van der Waals surface area (Å²) in [7, 11) is 0. The van der Waals surface area contributed by atoms with Crippen molar-refractivity contribution in [3.05, 3.63) is 87.9 Å². The molecule has 4 N–H and O–H groups in total. The molecule has 0 saturated heterocycles. The van der Waals surface area contributed by atoms with E-state index in [0.717, 1.165) is 60.4 Å². The molecule has 0 amide bonds. The molecule has 0 unspecified atom stereocenters. The van der Waals surface area contributed by atoms with Gasteiger partial charge in [0.25, 0.3) is 0 Å². The molecule has 1 heterocycles.